The third-order valence-corrected chi connectivity index (χ3v) is 2.85. The van der Waals surface area contributed by atoms with Crippen LogP contribution in [0, 0.1) is 6.92 Å². The lowest BCUT2D eigenvalue weighted by molar-refractivity contribution is 0.110. The Morgan fingerprint density at radius 1 is 1.07 bits per heavy atom. The standard InChI is InChI=1S/C12H9IO/c1-8-2-3-10-7-11(12(13)14)5-4-9(10)6-8/h2-7H,1H3. The van der Waals surface area contributed by atoms with Gasteiger partial charge in [-0.3, -0.25) is 4.79 Å². The number of fused-ring (bicyclic) bond motifs is 1. The Bertz CT molecular complexity index is 503. The van der Waals surface area contributed by atoms with Crippen molar-refractivity contribution in [2.24, 2.45) is 0 Å². The van der Waals surface area contributed by atoms with Crippen molar-refractivity contribution in [3.63, 3.8) is 0 Å². The van der Waals surface area contributed by atoms with E-state index < -0.39 is 0 Å². The first-order chi connectivity index (χ1) is 6.66. The van der Waals surface area contributed by atoms with Gasteiger partial charge in [0, 0.05) is 28.2 Å². The molecule has 14 heavy (non-hydrogen) atoms. The van der Waals surface area contributed by atoms with Gasteiger partial charge in [0.25, 0.3) is 0 Å². The fourth-order valence-corrected chi connectivity index (χ4v) is 1.82. The van der Waals surface area contributed by atoms with Gasteiger partial charge in [0.1, 0.15) is 0 Å². The molecule has 0 saturated heterocycles. The van der Waals surface area contributed by atoms with Gasteiger partial charge in [-0.2, -0.15) is 0 Å². The molecular weight excluding hydrogens is 287 g/mol. The molecule has 0 heterocycles. The van der Waals surface area contributed by atoms with Gasteiger partial charge in [-0.1, -0.05) is 29.8 Å². The van der Waals surface area contributed by atoms with Crippen LogP contribution in [0.1, 0.15) is 15.9 Å². The number of benzene rings is 2. The lowest BCUT2D eigenvalue weighted by Gasteiger charge is -2.00. The molecule has 0 spiro atoms. The molecule has 2 heteroatoms. The molecule has 0 aromatic heterocycles. The van der Waals surface area contributed by atoms with Gasteiger partial charge in [-0.15, -0.1) is 0 Å². The first kappa shape index (κ1) is 9.65. The minimum absolute atomic E-state index is 0.0880. The molecule has 0 fully saturated rings. The largest absolute Gasteiger partial charge is 0.282 e. The minimum atomic E-state index is 0.0880. The summed E-state index contributed by atoms with van der Waals surface area (Å²) in [5.41, 5.74) is 2.01. The molecule has 2 rings (SSSR count). The number of aryl methyl sites for hydroxylation is 1. The molecule has 0 aliphatic rings. The van der Waals surface area contributed by atoms with E-state index in [-0.39, 0.29) is 3.79 Å². The summed E-state index contributed by atoms with van der Waals surface area (Å²) in [4.78, 5) is 11.1. The normalized spacial score (nSPS) is 10.4. The Hall–Kier alpha value is -0.900. The van der Waals surface area contributed by atoms with Crippen LogP contribution in [0.4, 0.5) is 0 Å². The molecule has 2 aromatic rings. The zero-order chi connectivity index (χ0) is 10.1. The Kier molecular flexibility index (Phi) is 2.54. The highest BCUT2D eigenvalue weighted by atomic mass is 127. The molecule has 0 atom stereocenters. The number of hydrogen-bond acceptors (Lipinski definition) is 1. The van der Waals surface area contributed by atoms with Crippen LogP contribution >= 0.6 is 22.6 Å². The zero-order valence-corrected chi connectivity index (χ0v) is 9.91. The molecular formula is C12H9IO. The summed E-state index contributed by atoms with van der Waals surface area (Å²) >= 11 is 1.81. The number of carbonyl (C=O) groups excluding carboxylic acids is 1. The predicted molar refractivity (Wildman–Crippen MR) is 67.0 cm³/mol. The fraction of sp³-hybridized carbons (Fsp3) is 0.0833. The molecule has 0 amide bonds. The van der Waals surface area contributed by atoms with Crippen molar-refractivity contribution >= 4 is 37.2 Å². The highest BCUT2D eigenvalue weighted by Gasteiger charge is 2.01. The summed E-state index contributed by atoms with van der Waals surface area (Å²) in [7, 11) is 0. The van der Waals surface area contributed by atoms with E-state index >= 15 is 0 Å². The number of hydrogen-bond donors (Lipinski definition) is 0. The molecule has 2 aromatic carbocycles. The van der Waals surface area contributed by atoms with Gasteiger partial charge in [0.05, 0.1) is 0 Å². The molecule has 70 valence electrons. The van der Waals surface area contributed by atoms with Gasteiger partial charge < -0.3 is 0 Å². The van der Waals surface area contributed by atoms with Gasteiger partial charge in [-0.25, -0.2) is 0 Å². The van der Waals surface area contributed by atoms with Crippen LogP contribution in [0.2, 0.25) is 0 Å². The second-order valence-electron chi connectivity index (χ2n) is 3.34. The molecule has 0 radical (unpaired) electrons. The van der Waals surface area contributed by atoms with Gasteiger partial charge in [0.15, 0.2) is 0 Å². The molecule has 0 saturated carbocycles. The summed E-state index contributed by atoms with van der Waals surface area (Å²) in [6.07, 6.45) is 0. The van der Waals surface area contributed by atoms with E-state index in [4.69, 9.17) is 0 Å². The highest BCUT2D eigenvalue weighted by Crippen LogP contribution is 2.18. The van der Waals surface area contributed by atoms with Crippen molar-refractivity contribution in [3.05, 3.63) is 47.5 Å². The summed E-state index contributed by atoms with van der Waals surface area (Å²) in [5.74, 6) is 0. The van der Waals surface area contributed by atoms with Crippen LogP contribution in [-0.2, 0) is 0 Å². The summed E-state index contributed by atoms with van der Waals surface area (Å²) < 4.78 is 0.0880. The summed E-state index contributed by atoms with van der Waals surface area (Å²) in [5, 5.41) is 2.31. The Morgan fingerprint density at radius 3 is 2.43 bits per heavy atom. The SMILES string of the molecule is Cc1ccc2cc(C(=O)I)ccc2c1. The van der Waals surface area contributed by atoms with Crippen molar-refractivity contribution in [1.82, 2.24) is 0 Å². The van der Waals surface area contributed by atoms with Gasteiger partial charge >= 0.3 is 0 Å². The highest BCUT2D eigenvalue weighted by molar-refractivity contribution is 14.1. The predicted octanol–water partition coefficient (Wildman–Crippen LogP) is 3.72. The van der Waals surface area contributed by atoms with E-state index in [0.29, 0.717) is 0 Å². The summed E-state index contributed by atoms with van der Waals surface area (Å²) in [6.45, 7) is 2.07. The van der Waals surface area contributed by atoms with E-state index in [1.807, 2.05) is 46.9 Å². The number of rotatable bonds is 1. The first-order valence-corrected chi connectivity index (χ1v) is 5.45. The third-order valence-electron chi connectivity index (χ3n) is 2.22. The number of halogens is 1. The van der Waals surface area contributed by atoms with E-state index in [2.05, 4.69) is 19.1 Å². The van der Waals surface area contributed by atoms with E-state index in [9.17, 15) is 4.79 Å². The van der Waals surface area contributed by atoms with Gasteiger partial charge in [-0.05, 0) is 29.8 Å². The van der Waals surface area contributed by atoms with E-state index in [0.717, 1.165) is 10.9 Å². The van der Waals surface area contributed by atoms with Crippen LogP contribution in [0.5, 0.6) is 0 Å². The van der Waals surface area contributed by atoms with E-state index in [1.54, 1.807) is 0 Å². The van der Waals surface area contributed by atoms with Crippen molar-refractivity contribution in [2.45, 2.75) is 6.92 Å². The lowest BCUT2D eigenvalue weighted by Crippen LogP contribution is -1.87. The fourth-order valence-electron chi connectivity index (χ4n) is 1.49. The average molecular weight is 296 g/mol. The maximum Gasteiger partial charge on any atom is 0.222 e. The topological polar surface area (TPSA) is 17.1 Å². The van der Waals surface area contributed by atoms with Gasteiger partial charge in [0.2, 0.25) is 3.79 Å². The minimum Gasteiger partial charge on any atom is -0.282 e. The smallest absolute Gasteiger partial charge is 0.222 e. The van der Waals surface area contributed by atoms with Crippen molar-refractivity contribution in [3.8, 4) is 0 Å². The van der Waals surface area contributed by atoms with Crippen molar-refractivity contribution in [1.29, 1.82) is 0 Å². The molecule has 0 N–H and O–H groups in total. The van der Waals surface area contributed by atoms with Crippen LogP contribution in [0.15, 0.2) is 36.4 Å². The zero-order valence-electron chi connectivity index (χ0n) is 7.75. The van der Waals surface area contributed by atoms with E-state index in [1.165, 1.54) is 10.9 Å². The number of carbonyl (C=O) groups is 1. The molecule has 0 aliphatic heterocycles. The second kappa shape index (κ2) is 3.69. The molecule has 0 aliphatic carbocycles. The van der Waals surface area contributed by atoms with Crippen LogP contribution < -0.4 is 0 Å². The van der Waals surface area contributed by atoms with Crippen LogP contribution in [0.25, 0.3) is 10.8 Å². The maximum absolute atomic E-state index is 11.1. The Balaban J connectivity index is 2.67. The lowest BCUT2D eigenvalue weighted by atomic mass is 10.1. The molecule has 1 nitrogen and oxygen atoms in total. The monoisotopic (exact) mass is 296 g/mol. The average Bonchev–Trinajstić information content (AvgIpc) is 2.16. The Morgan fingerprint density at radius 2 is 1.71 bits per heavy atom. The maximum atomic E-state index is 11.1. The van der Waals surface area contributed by atoms with Crippen LogP contribution in [-0.4, -0.2) is 3.79 Å². The first-order valence-electron chi connectivity index (χ1n) is 4.37. The Labute approximate surface area is 96.3 Å². The molecule has 0 unspecified atom stereocenters. The van der Waals surface area contributed by atoms with Crippen molar-refractivity contribution < 1.29 is 4.79 Å². The third kappa shape index (κ3) is 1.80. The quantitative estimate of drug-likeness (QED) is 0.579. The molecule has 0 bridgehead atoms. The summed E-state index contributed by atoms with van der Waals surface area (Å²) in [6, 6.07) is 12.0. The van der Waals surface area contributed by atoms with Crippen molar-refractivity contribution in [2.75, 3.05) is 0 Å². The second-order valence-corrected chi connectivity index (χ2v) is 4.32. The van der Waals surface area contributed by atoms with Crippen LogP contribution in [0.3, 0.4) is 0 Å².